The maximum absolute atomic E-state index is 12.9. The molecule has 1 N–H and O–H groups in total. The molecule has 0 aromatic carbocycles. The molecule has 580 valence electrons. The summed E-state index contributed by atoms with van der Waals surface area (Å²) in [5.74, 6) is -0.762. The van der Waals surface area contributed by atoms with Crippen LogP contribution >= 0.6 is 7.82 Å². The lowest BCUT2D eigenvalue weighted by atomic mass is 10.0. The van der Waals surface area contributed by atoms with Crippen LogP contribution < -0.4 is 0 Å². The van der Waals surface area contributed by atoms with Crippen LogP contribution in [-0.2, 0) is 32.7 Å². The predicted octanol–water partition coefficient (Wildman–Crippen LogP) is 29.6. The number of phosphoric acid groups is 1. The van der Waals surface area contributed by atoms with Gasteiger partial charge in [0.15, 0.2) is 6.10 Å². The Bertz CT molecular complexity index is 1590. The lowest BCUT2D eigenvalue weighted by Gasteiger charge is -2.24. The van der Waals surface area contributed by atoms with E-state index in [2.05, 4.69) is 13.8 Å². The van der Waals surface area contributed by atoms with Crippen molar-refractivity contribution in [2.24, 2.45) is 0 Å². The molecule has 0 aliphatic carbocycles. The fraction of sp³-hybridized carbons (Fsp3) is 0.977. The van der Waals surface area contributed by atoms with Crippen LogP contribution in [0.2, 0.25) is 0 Å². The molecule has 0 bridgehead atoms. The van der Waals surface area contributed by atoms with E-state index in [1.54, 1.807) is 0 Å². The highest BCUT2D eigenvalue weighted by molar-refractivity contribution is 7.47. The zero-order valence-corrected chi connectivity index (χ0v) is 67.5. The van der Waals surface area contributed by atoms with Gasteiger partial charge in [0.25, 0.3) is 0 Å². The van der Waals surface area contributed by atoms with E-state index in [9.17, 15) is 19.0 Å². The number of quaternary nitrogens is 1. The Balaban J connectivity index is 3.82. The van der Waals surface area contributed by atoms with Crippen LogP contribution in [0.5, 0.6) is 0 Å². The molecular formula is C87H175NO8P+. The number of ether oxygens (including phenoxy) is 2. The summed E-state index contributed by atoms with van der Waals surface area (Å²) in [6.45, 7) is 4.55. The molecular weight excluding hydrogens is 1220 g/mol. The number of nitrogens with zero attached hydrogens (tertiary/aromatic N) is 1. The number of likely N-dealkylation sites (N-methyl/N-ethyl adjacent to an activating group) is 1. The first kappa shape index (κ1) is 96.0. The second-order valence-electron chi connectivity index (χ2n) is 32.0. The fourth-order valence-electron chi connectivity index (χ4n) is 14.1. The normalized spacial score (nSPS) is 12.8. The first-order valence-corrected chi connectivity index (χ1v) is 45.8. The average molecular weight is 1390 g/mol. The summed E-state index contributed by atoms with van der Waals surface area (Å²) in [5, 5.41) is 0. The standard InChI is InChI=1S/C87H174NO8P/c1-6-8-10-12-14-16-18-20-22-24-26-28-30-32-34-36-38-40-42-43-44-45-46-48-50-52-54-56-58-60-62-64-66-68-70-72-74-76-78-80-87(90)96-85(84-95-97(91,92)94-82-81-88(3,4)5)83-93-86(89)79-77-75-73-71-69-67-65-63-61-59-57-55-53-51-49-47-41-39-37-35-33-31-29-27-25-23-21-19-17-15-13-11-9-7-2/h85H,6-84H2,1-5H3/p+1. The van der Waals surface area contributed by atoms with Crippen molar-refractivity contribution in [3.05, 3.63) is 0 Å². The lowest BCUT2D eigenvalue weighted by molar-refractivity contribution is -0.870. The number of rotatable bonds is 85. The van der Waals surface area contributed by atoms with Gasteiger partial charge in [0.1, 0.15) is 19.8 Å². The van der Waals surface area contributed by atoms with Gasteiger partial charge in [-0.2, -0.15) is 0 Å². The predicted molar refractivity (Wildman–Crippen MR) is 423 cm³/mol. The van der Waals surface area contributed by atoms with E-state index < -0.39 is 26.5 Å². The first-order valence-electron chi connectivity index (χ1n) is 44.3. The van der Waals surface area contributed by atoms with E-state index >= 15 is 0 Å². The number of hydrogen-bond acceptors (Lipinski definition) is 7. The number of unbranched alkanes of at least 4 members (excludes halogenated alkanes) is 71. The summed E-state index contributed by atoms with van der Waals surface area (Å²) in [7, 11) is 1.51. The molecule has 0 amide bonds. The monoisotopic (exact) mass is 1390 g/mol. The van der Waals surface area contributed by atoms with Crippen LogP contribution in [0.25, 0.3) is 0 Å². The zero-order chi connectivity index (χ0) is 70.4. The summed E-state index contributed by atoms with van der Waals surface area (Å²) in [4.78, 5) is 36.0. The van der Waals surface area contributed by atoms with Crippen LogP contribution in [0.4, 0.5) is 0 Å². The minimum atomic E-state index is -4.39. The molecule has 0 aromatic heterocycles. The highest BCUT2D eigenvalue weighted by Crippen LogP contribution is 2.43. The maximum atomic E-state index is 12.9. The van der Waals surface area contributed by atoms with Crippen molar-refractivity contribution < 1.29 is 42.1 Å². The van der Waals surface area contributed by atoms with Gasteiger partial charge in [-0.25, -0.2) is 4.57 Å². The van der Waals surface area contributed by atoms with Crippen molar-refractivity contribution in [1.82, 2.24) is 0 Å². The number of esters is 2. The van der Waals surface area contributed by atoms with Crippen molar-refractivity contribution in [2.45, 2.75) is 502 Å². The van der Waals surface area contributed by atoms with Crippen molar-refractivity contribution in [1.29, 1.82) is 0 Å². The summed E-state index contributed by atoms with van der Waals surface area (Å²) >= 11 is 0. The Kier molecular flexibility index (Phi) is 78.3. The fourth-order valence-corrected chi connectivity index (χ4v) is 14.9. The Morgan fingerprint density at radius 1 is 0.278 bits per heavy atom. The van der Waals surface area contributed by atoms with E-state index in [1.807, 2.05) is 21.1 Å². The second-order valence-corrected chi connectivity index (χ2v) is 33.5. The van der Waals surface area contributed by atoms with Gasteiger partial charge < -0.3 is 18.9 Å². The van der Waals surface area contributed by atoms with Gasteiger partial charge in [-0.15, -0.1) is 0 Å². The van der Waals surface area contributed by atoms with E-state index in [0.29, 0.717) is 17.4 Å². The molecule has 97 heavy (non-hydrogen) atoms. The molecule has 0 aliphatic heterocycles. The van der Waals surface area contributed by atoms with Crippen LogP contribution in [0, 0.1) is 0 Å². The van der Waals surface area contributed by atoms with E-state index in [4.69, 9.17) is 18.5 Å². The quantitative estimate of drug-likeness (QED) is 0.0278. The average Bonchev–Trinajstić information content (AvgIpc) is 1.69. The molecule has 0 rings (SSSR count). The van der Waals surface area contributed by atoms with Crippen molar-refractivity contribution in [2.75, 3.05) is 47.5 Å². The third kappa shape index (κ3) is 83.8. The smallest absolute Gasteiger partial charge is 0.462 e. The number of carbonyl (C=O) groups excluding carboxylic acids is 2. The molecule has 2 unspecified atom stereocenters. The molecule has 0 radical (unpaired) electrons. The number of carbonyl (C=O) groups is 2. The van der Waals surface area contributed by atoms with Gasteiger partial charge in [-0.1, -0.05) is 470 Å². The number of phosphoric ester groups is 1. The van der Waals surface area contributed by atoms with Gasteiger partial charge in [-0.3, -0.25) is 18.6 Å². The molecule has 0 saturated heterocycles. The largest absolute Gasteiger partial charge is 0.472 e. The zero-order valence-electron chi connectivity index (χ0n) is 66.6. The highest BCUT2D eigenvalue weighted by atomic mass is 31.2. The Morgan fingerprint density at radius 2 is 0.464 bits per heavy atom. The third-order valence-corrected chi connectivity index (χ3v) is 21.9. The van der Waals surface area contributed by atoms with E-state index in [0.717, 1.165) is 38.5 Å². The van der Waals surface area contributed by atoms with Gasteiger partial charge in [0.05, 0.1) is 27.7 Å². The van der Waals surface area contributed by atoms with Crippen LogP contribution in [0.15, 0.2) is 0 Å². The van der Waals surface area contributed by atoms with Gasteiger partial charge in [-0.05, 0) is 12.8 Å². The molecule has 2 atom stereocenters. The van der Waals surface area contributed by atoms with Crippen LogP contribution in [0.1, 0.15) is 495 Å². The highest BCUT2D eigenvalue weighted by Gasteiger charge is 2.27. The van der Waals surface area contributed by atoms with Crippen molar-refractivity contribution >= 4 is 19.8 Å². The summed E-state index contributed by atoms with van der Waals surface area (Å²) in [5.41, 5.74) is 0. The van der Waals surface area contributed by atoms with Gasteiger partial charge in [0, 0.05) is 12.8 Å². The molecule has 0 spiro atoms. The van der Waals surface area contributed by atoms with Gasteiger partial charge in [0.2, 0.25) is 0 Å². The Labute approximate surface area is 607 Å². The summed E-state index contributed by atoms with van der Waals surface area (Å²) in [6, 6.07) is 0. The lowest BCUT2D eigenvalue weighted by Crippen LogP contribution is -2.37. The topological polar surface area (TPSA) is 108 Å². The molecule has 0 fully saturated rings. The summed E-state index contributed by atoms with van der Waals surface area (Å²) < 4.78 is 34.9. The van der Waals surface area contributed by atoms with Crippen molar-refractivity contribution in [3.8, 4) is 0 Å². The number of hydrogen-bond donors (Lipinski definition) is 1. The molecule has 9 nitrogen and oxygen atoms in total. The second kappa shape index (κ2) is 79.1. The summed E-state index contributed by atoms with van der Waals surface area (Å²) in [6.07, 6.45) is 100. The van der Waals surface area contributed by atoms with Crippen LogP contribution in [-0.4, -0.2) is 74.9 Å². The van der Waals surface area contributed by atoms with Crippen molar-refractivity contribution in [3.63, 3.8) is 0 Å². The minimum absolute atomic E-state index is 0.0380. The Hall–Kier alpha value is -0.990. The third-order valence-electron chi connectivity index (χ3n) is 20.9. The van der Waals surface area contributed by atoms with Gasteiger partial charge >= 0.3 is 19.8 Å². The van der Waals surface area contributed by atoms with E-state index in [1.165, 1.54) is 430 Å². The SMILES string of the molecule is CCCCCCCCCCCCCCCCCCCCCCCCCCCCCCCCCCCCCCCCCC(=O)OC(COC(=O)CCCCCCCCCCCCCCCCCCCCCCCCCCCCCCCCCCCC)COP(=O)(O)OCC[N+](C)(C)C. The molecule has 0 aliphatic rings. The Morgan fingerprint density at radius 3 is 0.660 bits per heavy atom. The molecule has 0 heterocycles. The minimum Gasteiger partial charge on any atom is -0.462 e. The van der Waals surface area contributed by atoms with Crippen LogP contribution in [0.3, 0.4) is 0 Å². The van der Waals surface area contributed by atoms with E-state index in [-0.39, 0.29) is 25.6 Å². The molecule has 0 saturated carbocycles. The first-order chi connectivity index (χ1) is 47.5. The maximum Gasteiger partial charge on any atom is 0.472 e. The molecule has 0 aromatic rings. The molecule has 10 heteroatoms.